The highest BCUT2D eigenvalue weighted by Gasteiger charge is 2.33. The molecule has 1 unspecified atom stereocenters. The van der Waals surface area contributed by atoms with E-state index in [4.69, 9.17) is 14.2 Å². The lowest BCUT2D eigenvalue weighted by Crippen LogP contribution is -2.32. The zero-order valence-electron chi connectivity index (χ0n) is 20.7. The third kappa shape index (κ3) is 5.34. The Hall–Kier alpha value is -3.74. The van der Waals surface area contributed by atoms with Gasteiger partial charge in [-0.1, -0.05) is 18.2 Å². The van der Waals surface area contributed by atoms with Crippen LogP contribution in [0.4, 0.5) is 5.69 Å². The van der Waals surface area contributed by atoms with Crippen molar-refractivity contribution in [3.63, 3.8) is 0 Å². The van der Waals surface area contributed by atoms with Gasteiger partial charge >= 0.3 is 5.97 Å². The molecule has 0 aromatic heterocycles. The monoisotopic (exact) mass is 476 g/mol. The largest absolute Gasteiger partial charge is 0.485 e. The van der Waals surface area contributed by atoms with Gasteiger partial charge in [-0.05, 0) is 56.2 Å². The van der Waals surface area contributed by atoms with Gasteiger partial charge in [0.05, 0.1) is 12.0 Å². The average Bonchev–Trinajstić information content (AvgIpc) is 2.78. The molecule has 0 saturated heterocycles. The summed E-state index contributed by atoms with van der Waals surface area (Å²) in [7, 11) is 0. The Balaban J connectivity index is 1.58. The van der Waals surface area contributed by atoms with Gasteiger partial charge in [-0.25, -0.2) is 0 Å². The number of hydrogen-bond donors (Lipinski definition) is 2. The fraction of sp³-hybridized carbons (Fsp3) is 0.357. The van der Waals surface area contributed by atoms with Crippen molar-refractivity contribution in [2.75, 3.05) is 18.7 Å². The Morgan fingerprint density at radius 2 is 2.03 bits per heavy atom. The van der Waals surface area contributed by atoms with Crippen LogP contribution in [-0.2, 0) is 14.3 Å². The summed E-state index contributed by atoms with van der Waals surface area (Å²) < 4.78 is 17.2. The maximum Gasteiger partial charge on any atom is 0.310 e. The fourth-order valence-electron chi connectivity index (χ4n) is 4.73. The van der Waals surface area contributed by atoms with E-state index in [1.807, 2.05) is 18.2 Å². The molecule has 2 aliphatic heterocycles. The van der Waals surface area contributed by atoms with Gasteiger partial charge in [0.2, 0.25) is 12.7 Å². The lowest BCUT2D eigenvalue weighted by atomic mass is 9.81. The predicted molar refractivity (Wildman–Crippen MR) is 136 cm³/mol. The molecule has 1 atom stereocenters. The van der Waals surface area contributed by atoms with Crippen LogP contribution in [0.5, 0.6) is 11.5 Å². The van der Waals surface area contributed by atoms with Gasteiger partial charge in [0.15, 0.2) is 0 Å². The van der Waals surface area contributed by atoms with Crippen molar-refractivity contribution < 1.29 is 23.8 Å². The van der Waals surface area contributed by atoms with Gasteiger partial charge in [0.25, 0.3) is 0 Å². The summed E-state index contributed by atoms with van der Waals surface area (Å²) in [6.07, 6.45) is 4.76. The molecule has 35 heavy (non-hydrogen) atoms. The van der Waals surface area contributed by atoms with Crippen LogP contribution >= 0.6 is 0 Å². The first-order valence-corrected chi connectivity index (χ1v) is 11.8. The Morgan fingerprint density at radius 3 is 2.77 bits per heavy atom. The second kappa shape index (κ2) is 9.86. The second-order valence-corrected chi connectivity index (χ2v) is 9.42. The summed E-state index contributed by atoms with van der Waals surface area (Å²) in [6.45, 7) is 11.8. The number of amides is 1. The standard InChI is InChI=1S/C28H32N2O5/c1-6-7-24-27-20(9-10-22-26(27)17(2)15-28(4,5)30-22)21-14-19(8-11-23(21)35-24)33-16-34-25(32)12-13-29-18(3)31/h6,8-11,14-15,24,30H,1,7,12-13,16H2,2-5H3,(H,29,31). The van der Waals surface area contributed by atoms with Crippen LogP contribution in [0.3, 0.4) is 0 Å². The topological polar surface area (TPSA) is 85.9 Å². The number of fused-ring (bicyclic) bond motifs is 5. The van der Waals surface area contributed by atoms with E-state index in [0.717, 1.165) is 28.1 Å². The van der Waals surface area contributed by atoms with Gasteiger partial charge in [-0.2, -0.15) is 0 Å². The molecule has 184 valence electrons. The molecule has 0 bridgehead atoms. The minimum Gasteiger partial charge on any atom is -0.485 e. The summed E-state index contributed by atoms with van der Waals surface area (Å²) in [5.41, 5.74) is 6.48. The molecule has 2 aromatic rings. The minimum atomic E-state index is -0.443. The average molecular weight is 477 g/mol. The van der Waals surface area contributed by atoms with Gasteiger partial charge in [-0.15, -0.1) is 6.58 Å². The van der Waals surface area contributed by atoms with Gasteiger partial charge in [0.1, 0.15) is 17.6 Å². The van der Waals surface area contributed by atoms with Crippen molar-refractivity contribution in [2.24, 2.45) is 0 Å². The number of benzene rings is 2. The SMILES string of the molecule is C=CCC1Oc2ccc(OCOC(=O)CCNC(C)=O)cc2-c2ccc3c(c21)C(C)=CC(C)(C)N3. The molecule has 1 amide bonds. The maximum absolute atomic E-state index is 11.8. The smallest absolute Gasteiger partial charge is 0.310 e. The highest BCUT2D eigenvalue weighted by Crippen LogP contribution is 2.50. The number of ether oxygens (including phenoxy) is 3. The molecule has 0 saturated carbocycles. The van der Waals surface area contributed by atoms with E-state index in [0.29, 0.717) is 12.2 Å². The zero-order valence-corrected chi connectivity index (χ0v) is 20.7. The normalized spacial score (nSPS) is 16.8. The molecular weight excluding hydrogens is 444 g/mol. The van der Waals surface area contributed by atoms with Gasteiger partial charge in [0, 0.05) is 42.3 Å². The van der Waals surface area contributed by atoms with Crippen LogP contribution in [-0.4, -0.2) is 30.8 Å². The Labute approximate surface area is 206 Å². The van der Waals surface area contributed by atoms with E-state index in [1.54, 1.807) is 6.07 Å². The zero-order chi connectivity index (χ0) is 25.2. The van der Waals surface area contributed by atoms with Gasteiger partial charge < -0.3 is 24.8 Å². The van der Waals surface area contributed by atoms with Crippen LogP contribution in [0.1, 0.15) is 57.8 Å². The van der Waals surface area contributed by atoms with Crippen LogP contribution in [0.25, 0.3) is 16.7 Å². The van der Waals surface area contributed by atoms with Crippen molar-refractivity contribution in [2.45, 2.75) is 52.2 Å². The first kappa shape index (κ1) is 24.4. The molecule has 7 nitrogen and oxygen atoms in total. The van der Waals surface area contributed by atoms with Crippen LogP contribution in [0.2, 0.25) is 0 Å². The van der Waals surface area contributed by atoms with Crippen molar-refractivity contribution in [3.05, 3.63) is 60.2 Å². The van der Waals surface area contributed by atoms with E-state index >= 15 is 0 Å². The molecule has 4 rings (SSSR count). The van der Waals surface area contributed by atoms with E-state index in [2.05, 4.69) is 56.2 Å². The molecule has 7 heteroatoms. The van der Waals surface area contributed by atoms with E-state index < -0.39 is 5.97 Å². The Kier molecular flexibility index (Phi) is 6.87. The quantitative estimate of drug-likeness (QED) is 0.302. The van der Waals surface area contributed by atoms with E-state index in [1.165, 1.54) is 18.1 Å². The molecular formula is C28H32N2O5. The third-order valence-corrected chi connectivity index (χ3v) is 6.04. The van der Waals surface area contributed by atoms with Crippen LogP contribution in [0, 0.1) is 0 Å². The van der Waals surface area contributed by atoms with Crippen LogP contribution < -0.4 is 20.1 Å². The summed E-state index contributed by atoms with van der Waals surface area (Å²) in [6, 6.07) is 9.84. The molecule has 0 fully saturated rings. The molecule has 0 radical (unpaired) electrons. The molecule has 2 N–H and O–H groups in total. The minimum absolute atomic E-state index is 0.0852. The maximum atomic E-state index is 11.8. The second-order valence-electron chi connectivity index (χ2n) is 9.42. The summed E-state index contributed by atoms with van der Waals surface area (Å²) >= 11 is 0. The van der Waals surface area contributed by atoms with Crippen molar-refractivity contribution in [1.29, 1.82) is 0 Å². The van der Waals surface area contributed by atoms with Crippen molar-refractivity contribution >= 4 is 23.1 Å². The molecule has 0 aliphatic carbocycles. The molecule has 2 aliphatic rings. The first-order chi connectivity index (χ1) is 16.7. The predicted octanol–water partition coefficient (Wildman–Crippen LogP) is 5.38. The Morgan fingerprint density at radius 1 is 1.23 bits per heavy atom. The lowest BCUT2D eigenvalue weighted by Gasteiger charge is -2.37. The number of anilines is 1. The van der Waals surface area contributed by atoms with Crippen molar-refractivity contribution in [3.8, 4) is 22.6 Å². The third-order valence-electron chi connectivity index (χ3n) is 6.04. The Bertz CT molecular complexity index is 1200. The van der Waals surface area contributed by atoms with Crippen molar-refractivity contribution in [1.82, 2.24) is 5.32 Å². The first-order valence-electron chi connectivity index (χ1n) is 11.8. The summed E-state index contributed by atoms with van der Waals surface area (Å²) in [5.74, 6) is 0.711. The van der Waals surface area contributed by atoms with Gasteiger partial charge in [-0.3, -0.25) is 9.59 Å². The number of esters is 1. The molecule has 2 heterocycles. The number of allylic oxidation sites excluding steroid dienone is 1. The van der Waals surface area contributed by atoms with E-state index in [9.17, 15) is 9.59 Å². The summed E-state index contributed by atoms with van der Waals surface area (Å²) in [5, 5.41) is 6.18. The number of nitrogens with one attached hydrogen (secondary N) is 2. The number of hydrogen-bond acceptors (Lipinski definition) is 6. The number of rotatable bonds is 8. The number of carbonyl (C=O) groups excluding carboxylic acids is 2. The lowest BCUT2D eigenvalue weighted by molar-refractivity contribution is -0.150. The summed E-state index contributed by atoms with van der Waals surface area (Å²) in [4.78, 5) is 22.7. The highest BCUT2D eigenvalue weighted by molar-refractivity contribution is 5.90. The molecule has 2 aromatic carbocycles. The van der Waals surface area contributed by atoms with E-state index in [-0.39, 0.29) is 37.3 Å². The fourth-order valence-corrected chi connectivity index (χ4v) is 4.73. The highest BCUT2D eigenvalue weighted by atomic mass is 16.7. The number of carbonyl (C=O) groups is 2. The van der Waals surface area contributed by atoms with Crippen LogP contribution in [0.15, 0.2) is 49.1 Å². The molecule has 0 spiro atoms.